The summed E-state index contributed by atoms with van der Waals surface area (Å²) in [4.78, 5) is 0. The zero-order valence-electron chi connectivity index (χ0n) is 18.9. The molecule has 5 nitrogen and oxygen atoms in total. The van der Waals surface area contributed by atoms with E-state index in [2.05, 4.69) is 41.0 Å². The standard InChI is InChI=1S/C25H29F2N5/c1-6-23-20(25(31-30-23)18-12-28-32(5)13-18)7-15(4)24-21(26)10-17(11-22(24)27)16-8-19(9-16)29-14(2)3/h6-7,10-14,16,19,29H,1,8-9H2,2-5H3,(H,30,31)/b15-7+. The molecule has 0 spiro atoms. The fraction of sp³-hybridized carbons (Fsp3) is 0.360. The molecular weight excluding hydrogens is 408 g/mol. The summed E-state index contributed by atoms with van der Waals surface area (Å²) in [6.07, 6.45) is 8.72. The Hall–Kier alpha value is -3.06. The zero-order chi connectivity index (χ0) is 23.0. The SMILES string of the molecule is C=Cc1[nH]nc(-c2cnn(C)c2)c1/C=C(\C)c1c(F)cc(C2CC(NC(C)C)C2)cc1F. The van der Waals surface area contributed by atoms with Crippen LogP contribution in [-0.2, 0) is 7.05 Å². The first kappa shape index (κ1) is 22.1. The normalized spacial score (nSPS) is 18.8. The molecule has 32 heavy (non-hydrogen) atoms. The number of allylic oxidation sites excluding steroid dienone is 1. The largest absolute Gasteiger partial charge is 0.312 e. The number of hydrogen-bond donors (Lipinski definition) is 2. The van der Waals surface area contributed by atoms with Gasteiger partial charge in [-0.3, -0.25) is 9.78 Å². The number of nitrogens with zero attached hydrogens (tertiary/aromatic N) is 3. The van der Waals surface area contributed by atoms with Crippen molar-refractivity contribution >= 4 is 17.7 Å². The van der Waals surface area contributed by atoms with Crippen LogP contribution in [0.2, 0.25) is 0 Å². The molecule has 2 N–H and O–H groups in total. The molecule has 7 heteroatoms. The molecule has 1 aliphatic carbocycles. The summed E-state index contributed by atoms with van der Waals surface area (Å²) in [5.41, 5.74) is 4.05. The Kier molecular flexibility index (Phi) is 6.11. The minimum Gasteiger partial charge on any atom is -0.312 e. The van der Waals surface area contributed by atoms with Gasteiger partial charge < -0.3 is 5.32 Å². The number of hydrogen-bond acceptors (Lipinski definition) is 3. The van der Waals surface area contributed by atoms with Gasteiger partial charge in [-0.2, -0.15) is 10.2 Å². The van der Waals surface area contributed by atoms with E-state index < -0.39 is 11.6 Å². The van der Waals surface area contributed by atoms with Crippen LogP contribution in [0.15, 0.2) is 31.1 Å². The van der Waals surface area contributed by atoms with E-state index in [-0.39, 0.29) is 11.5 Å². The lowest BCUT2D eigenvalue weighted by Gasteiger charge is -2.37. The quantitative estimate of drug-likeness (QED) is 0.511. The van der Waals surface area contributed by atoms with Crippen molar-refractivity contribution in [2.24, 2.45) is 7.05 Å². The molecule has 0 saturated heterocycles. The molecule has 0 bridgehead atoms. The van der Waals surface area contributed by atoms with Crippen LogP contribution in [0, 0.1) is 11.6 Å². The van der Waals surface area contributed by atoms with Crippen LogP contribution in [0.5, 0.6) is 0 Å². The summed E-state index contributed by atoms with van der Waals surface area (Å²) in [5, 5.41) is 15.0. The molecule has 2 heterocycles. The predicted octanol–water partition coefficient (Wildman–Crippen LogP) is 5.54. The fourth-order valence-corrected chi connectivity index (χ4v) is 4.42. The first-order chi connectivity index (χ1) is 15.3. The van der Waals surface area contributed by atoms with Gasteiger partial charge in [-0.05, 0) is 61.1 Å². The Morgan fingerprint density at radius 1 is 1.28 bits per heavy atom. The van der Waals surface area contributed by atoms with Crippen LogP contribution in [0.4, 0.5) is 8.78 Å². The van der Waals surface area contributed by atoms with Crippen molar-refractivity contribution in [2.75, 3.05) is 0 Å². The molecule has 0 atom stereocenters. The Morgan fingerprint density at radius 3 is 2.53 bits per heavy atom. The summed E-state index contributed by atoms with van der Waals surface area (Å²) in [7, 11) is 1.82. The second-order valence-electron chi connectivity index (χ2n) is 8.88. The van der Waals surface area contributed by atoms with Crippen molar-refractivity contribution in [3.8, 4) is 11.3 Å². The molecule has 168 valence electrons. The maximum atomic E-state index is 15.1. The molecule has 0 aliphatic heterocycles. The van der Waals surface area contributed by atoms with Crippen LogP contribution in [-0.4, -0.2) is 32.1 Å². The van der Waals surface area contributed by atoms with E-state index in [4.69, 9.17) is 0 Å². The number of benzene rings is 1. The van der Waals surface area contributed by atoms with E-state index in [0.29, 0.717) is 29.0 Å². The number of rotatable bonds is 7. The highest BCUT2D eigenvalue weighted by atomic mass is 19.1. The fourth-order valence-electron chi connectivity index (χ4n) is 4.42. The number of nitrogens with one attached hydrogen (secondary N) is 2. The van der Waals surface area contributed by atoms with Gasteiger partial charge in [0.05, 0.1) is 11.9 Å². The maximum Gasteiger partial charge on any atom is 0.133 e. The van der Waals surface area contributed by atoms with E-state index in [1.165, 1.54) is 12.1 Å². The molecule has 0 amide bonds. The number of H-pyrrole nitrogens is 1. The van der Waals surface area contributed by atoms with Gasteiger partial charge in [0.2, 0.25) is 0 Å². The van der Waals surface area contributed by atoms with Crippen molar-refractivity contribution in [3.05, 3.63) is 65.1 Å². The number of aryl methyl sites for hydroxylation is 1. The number of halogens is 2. The third-order valence-electron chi connectivity index (χ3n) is 6.01. The summed E-state index contributed by atoms with van der Waals surface area (Å²) in [5.74, 6) is -0.895. The van der Waals surface area contributed by atoms with Gasteiger partial charge in [0, 0.05) is 42.0 Å². The first-order valence-electron chi connectivity index (χ1n) is 10.9. The van der Waals surface area contributed by atoms with Crippen molar-refractivity contribution in [1.82, 2.24) is 25.3 Å². The highest BCUT2D eigenvalue weighted by Gasteiger charge is 2.31. The van der Waals surface area contributed by atoms with Crippen LogP contribution in [0.1, 0.15) is 61.9 Å². The molecule has 0 radical (unpaired) electrons. The minimum absolute atomic E-state index is 0.0155. The Balaban J connectivity index is 1.64. The van der Waals surface area contributed by atoms with Crippen LogP contribution in [0.3, 0.4) is 0 Å². The zero-order valence-corrected chi connectivity index (χ0v) is 18.9. The maximum absolute atomic E-state index is 15.1. The topological polar surface area (TPSA) is 58.5 Å². The van der Waals surface area contributed by atoms with Crippen molar-refractivity contribution in [1.29, 1.82) is 0 Å². The van der Waals surface area contributed by atoms with Gasteiger partial charge in [0.25, 0.3) is 0 Å². The average Bonchev–Trinajstić information content (AvgIpc) is 3.29. The highest BCUT2D eigenvalue weighted by Crippen LogP contribution is 2.39. The summed E-state index contributed by atoms with van der Waals surface area (Å²) in [6.45, 7) is 9.73. The molecule has 2 aromatic heterocycles. The molecule has 1 saturated carbocycles. The van der Waals surface area contributed by atoms with Crippen LogP contribution < -0.4 is 5.32 Å². The lowest BCUT2D eigenvalue weighted by Crippen LogP contribution is -2.43. The monoisotopic (exact) mass is 437 g/mol. The second kappa shape index (κ2) is 8.82. The Bertz CT molecular complexity index is 1140. The smallest absolute Gasteiger partial charge is 0.133 e. The molecule has 4 rings (SSSR count). The molecular formula is C25H29F2N5. The minimum atomic E-state index is -0.541. The van der Waals surface area contributed by atoms with Gasteiger partial charge >= 0.3 is 0 Å². The molecule has 1 fully saturated rings. The van der Waals surface area contributed by atoms with Gasteiger partial charge in [-0.1, -0.05) is 20.4 Å². The Morgan fingerprint density at radius 2 is 1.97 bits per heavy atom. The van der Waals surface area contributed by atoms with E-state index in [0.717, 1.165) is 29.5 Å². The van der Waals surface area contributed by atoms with Crippen LogP contribution in [0.25, 0.3) is 29.0 Å². The summed E-state index contributed by atoms with van der Waals surface area (Å²) >= 11 is 0. The first-order valence-corrected chi connectivity index (χ1v) is 10.9. The second-order valence-corrected chi connectivity index (χ2v) is 8.88. The van der Waals surface area contributed by atoms with Gasteiger partial charge in [-0.15, -0.1) is 0 Å². The van der Waals surface area contributed by atoms with E-state index >= 15 is 8.78 Å². The summed E-state index contributed by atoms with van der Waals surface area (Å²) in [6, 6.07) is 3.79. The van der Waals surface area contributed by atoms with Crippen molar-refractivity contribution in [2.45, 2.75) is 51.6 Å². The molecule has 3 aromatic rings. The van der Waals surface area contributed by atoms with Gasteiger partial charge in [0.15, 0.2) is 0 Å². The lowest BCUT2D eigenvalue weighted by molar-refractivity contribution is 0.274. The lowest BCUT2D eigenvalue weighted by atomic mass is 9.75. The van der Waals surface area contributed by atoms with Crippen molar-refractivity contribution < 1.29 is 8.78 Å². The Labute approximate surface area is 187 Å². The van der Waals surface area contributed by atoms with E-state index in [1.54, 1.807) is 30.0 Å². The number of aromatic nitrogens is 4. The average molecular weight is 438 g/mol. The predicted molar refractivity (Wildman–Crippen MR) is 125 cm³/mol. The van der Waals surface area contributed by atoms with E-state index in [9.17, 15) is 0 Å². The van der Waals surface area contributed by atoms with Gasteiger partial charge in [-0.25, -0.2) is 8.78 Å². The molecule has 1 aliphatic rings. The summed E-state index contributed by atoms with van der Waals surface area (Å²) < 4.78 is 31.8. The third-order valence-corrected chi connectivity index (χ3v) is 6.01. The number of aromatic amines is 1. The highest BCUT2D eigenvalue weighted by molar-refractivity contribution is 5.88. The molecule has 1 aromatic carbocycles. The van der Waals surface area contributed by atoms with Gasteiger partial charge in [0.1, 0.15) is 17.3 Å². The molecule has 0 unspecified atom stereocenters. The van der Waals surface area contributed by atoms with Crippen LogP contribution >= 0.6 is 0 Å². The third kappa shape index (κ3) is 4.30. The van der Waals surface area contributed by atoms with E-state index in [1.807, 2.05) is 13.2 Å². The van der Waals surface area contributed by atoms with Crippen molar-refractivity contribution in [3.63, 3.8) is 0 Å².